The third-order valence-corrected chi connectivity index (χ3v) is 1.89. The smallest absolute Gasteiger partial charge is 0.174 e. The van der Waals surface area contributed by atoms with E-state index >= 15 is 0 Å². The Morgan fingerprint density at radius 2 is 2.00 bits per heavy atom. The highest BCUT2D eigenvalue weighted by molar-refractivity contribution is 5.34. The van der Waals surface area contributed by atoms with Gasteiger partial charge in [-0.2, -0.15) is 5.26 Å². The third-order valence-electron chi connectivity index (χ3n) is 1.89. The van der Waals surface area contributed by atoms with Crippen molar-refractivity contribution in [2.24, 2.45) is 0 Å². The van der Waals surface area contributed by atoms with Crippen LogP contribution in [-0.4, -0.2) is 5.11 Å². The zero-order valence-electron chi connectivity index (χ0n) is 7.20. The zero-order chi connectivity index (χ0) is 9.19. The first-order chi connectivity index (χ1) is 5.58. The van der Waals surface area contributed by atoms with E-state index in [9.17, 15) is 5.11 Å². The Labute approximate surface area is 72.1 Å². The van der Waals surface area contributed by atoms with E-state index in [1.165, 1.54) is 6.92 Å². The van der Waals surface area contributed by atoms with Gasteiger partial charge in [-0.05, 0) is 19.4 Å². The van der Waals surface area contributed by atoms with Crippen LogP contribution in [0.5, 0.6) is 0 Å². The highest BCUT2D eigenvalue weighted by atomic mass is 16.3. The molecule has 2 nitrogen and oxygen atoms in total. The largest absolute Gasteiger partial charge is 0.372 e. The molecule has 0 saturated heterocycles. The highest BCUT2D eigenvalue weighted by Gasteiger charge is 2.23. The molecule has 0 heterocycles. The lowest BCUT2D eigenvalue weighted by molar-refractivity contribution is 0.119. The van der Waals surface area contributed by atoms with Crippen molar-refractivity contribution in [3.8, 4) is 6.07 Å². The number of aryl methyl sites for hydroxylation is 1. The lowest BCUT2D eigenvalue weighted by Crippen LogP contribution is -2.19. The van der Waals surface area contributed by atoms with Crippen LogP contribution in [0.2, 0.25) is 0 Å². The Morgan fingerprint density at radius 1 is 1.42 bits per heavy atom. The molecule has 0 saturated carbocycles. The van der Waals surface area contributed by atoms with Gasteiger partial charge in [0, 0.05) is 5.56 Å². The molecule has 0 radical (unpaired) electrons. The Balaban J connectivity index is 3.22. The summed E-state index contributed by atoms with van der Waals surface area (Å²) in [5, 5.41) is 18.3. The van der Waals surface area contributed by atoms with Gasteiger partial charge < -0.3 is 5.11 Å². The number of nitrogens with zero attached hydrogens (tertiary/aromatic N) is 1. The van der Waals surface area contributed by atoms with Crippen molar-refractivity contribution in [2.75, 3.05) is 0 Å². The summed E-state index contributed by atoms with van der Waals surface area (Å²) < 4.78 is 0. The fourth-order valence-corrected chi connectivity index (χ4v) is 1.18. The normalized spacial score (nSPS) is 14.8. The summed E-state index contributed by atoms with van der Waals surface area (Å²) in [6.07, 6.45) is 0. The van der Waals surface area contributed by atoms with E-state index in [0.717, 1.165) is 5.56 Å². The standard InChI is InChI=1S/C10H11NO/c1-8-5-3-4-6-9(8)10(2,12)7-11/h3-6,12H,1-2H3. The van der Waals surface area contributed by atoms with Crippen molar-refractivity contribution < 1.29 is 5.11 Å². The first-order valence-corrected chi connectivity index (χ1v) is 3.77. The molecule has 0 aliphatic carbocycles. The Morgan fingerprint density at radius 3 is 2.50 bits per heavy atom. The SMILES string of the molecule is Cc1ccccc1C(C)(O)C#N. The average Bonchev–Trinajstić information content (AvgIpc) is 2.05. The van der Waals surface area contributed by atoms with Gasteiger partial charge in [-0.15, -0.1) is 0 Å². The van der Waals surface area contributed by atoms with Crippen molar-refractivity contribution in [3.63, 3.8) is 0 Å². The summed E-state index contributed by atoms with van der Waals surface area (Å²) in [5.74, 6) is 0. The molecule has 0 spiro atoms. The molecule has 0 amide bonds. The van der Waals surface area contributed by atoms with Crippen LogP contribution in [0.1, 0.15) is 18.1 Å². The van der Waals surface area contributed by atoms with Gasteiger partial charge >= 0.3 is 0 Å². The van der Waals surface area contributed by atoms with Crippen LogP contribution >= 0.6 is 0 Å². The van der Waals surface area contributed by atoms with Crippen molar-refractivity contribution in [1.82, 2.24) is 0 Å². The van der Waals surface area contributed by atoms with E-state index in [4.69, 9.17) is 5.26 Å². The minimum Gasteiger partial charge on any atom is -0.372 e. The van der Waals surface area contributed by atoms with Crippen molar-refractivity contribution >= 4 is 0 Å². The fourth-order valence-electron chi connectivity index (χ4n) is 1.18. The number of aliphatic hydroxyl groups is 1. The van der Waals surface area contributed by atoms with E-state index in [-0.39, 0.29) is 0 Å². The first kappa shape index (κ1) is 8.76. The summed E-state index contributed by atoms with van der Waals surface area (Å²) in [7, 11) is 0. The summed E-state index contributed by atoms with van der Waals surface area (Å²) in [5.41, 5.74) is 0.238. The van der Waals surface area contributed by atoms with E-state index in [1.807, 2.05) is 31.2 Å². The molecule has 1 N–H and O–H groups in total. The molecule has 0 aliphatic heterocycles. The topological polar surface area (TPSA) is 44.0 Å². The molecule has 1 aromatic rings. The van der Waals surface area contributed by atoms with Gasteiger partial charge in [-0.25, -0.2) is 0 Å². The first-order valence-electron chi connectivity index (χ1n) is 3.77. The molecule has 0 aromatic heterocycles. The molecular formula is C10H11NO. The molecular weight excluding hydrogens is 150 g/mol. The quantitative estimate of drug-likeness (QED) is 0.637. The van der Waals surface area contributed by atoms with Gasteiger partial charge in [0.2, 0.25) is 0 Å². The van der Waals surface area contributed by atoms with E-state index in [2.05, 4.69) is 0 Å². The van der Waals surface area contributed by atoms with Crippen LogP contribution < -0.4 is 0 Å². The number of hydrogen-bond acceptors (Lipinski definition) is 2. The van der Waals surface area contributed by atoms with Gasteiger partial charge in [-0.3, -0.25) is 0 Å². The van der Waals surface area contributed by atoms with E-state index in [1.54, 1.807) is 6.07 Å². The van der Waals surface area contributed by atoms with Crippen molar-refractivity contribution in [3.05, 3.63) is 35.4 Å². The number of benzene rings is 1. The monoisotopic (exact) mass is 161 g/mol. The van der Waals surface area contributed by atoms with Crippen LogP contribution in [0.4, 0.5) is 0 Å². The average molecular weight is 161 g/mol. The summed E-state index contributed by atoms with van der Waals surface area (Å²) in [6.45, 7) is 3.37. The zero-order valence-corrected chi connectivity index (χ0v) is 7.20. The van der Waals surface area contributed by atoms with Gasteiger partial charge in [0.05, 0.1) is 0 Å². The summed E-state index contributed by atoms with van der Waals surface area (Å²) in [4.78, 5) is 0. The number of nitriles is 1. The summed E-state index contributed by atoms with van der Waals surface area (Å²) in [6, 6.07) is 9.19. The molecule has 1 atom stereocenters. The Bertz CT molecular complexity index is 323. The summed E-state index contributed by atoms with van der Waals surface area (Å²) >= 11 is 0. The van der Waals surface area contributed by atoms with Gasteiger partial charge in [0.15, 0.2) is 5.60 Å². The maximum absolute atomic E-state index is 9.61. The molecule has 0 bridgehead atoms. The van der Waals surface area contributed by atoms with Crippen molar-refractivity contribution in [2.45, 2.75) is 19.4 Å². The molecule has 62 valence electrons. The van der Waals surface area contributed by atoms with Gasteiger partial charge in [0.25, 0.3) is 0 Å². The van der Waals surface area contributed by atoms with Crippen LogP contribution in [0.25, 0.3) is 0 Å². The van der Waals surface area contributed by atoms with Crippen LogP contribution in [0.3, 0.4) is 0 Å². The molecule has 0 fully saturated rings. The Kier molecular flexibility index (Phi) is 2.16. The molecule has 12 heavy (non-hydrogen) atoms. The number of rotatable bonds is 1. The molecule has 2 heteroatoms. The van der Waals surface area contributed by atoms with Gasteiger partial charge in [-0.1, -0.05) is 24.3 Å². The molecule has 1 rings (SSSR count). The van der Waals surface area contributed by atoms with Crippen LogP contribution in [0.15, 0.2) is 24.3 Å². The molecule has 1 aromatic carbocycles. The predicted octanol–water partition coefficient (Wildman–Crippen LogP) is 1.73. The minimum atomic E-state index is -1.37. The predicted molar refractivity (Wildman–Crippen MR) is 46.4 cm³/mol. The maximum Gasteiger partial charge on any atom is 0.174 e. The lowest BCUT2D eigenvalue weighted by atomic mass is 9.94. The van der Waals surface area contributed by atoms with Crippen LogP contribution in [0, 0.1) is 18.3 Å². The minimum absolute atomic E-state index is 0.674. The fraction of sp³-hybridized carbons (Fsp3) is 0.300. The second-order valence-corrected chi connectivity index (χ2v) is 3.00. The highest BCUT2D eigenvalue weighted by Crippen LogP contribution is 2.22. The second-order valence-electron chi connectivity index (χ2n) is 3.00. The maximum atomic E-state index is 9.61. The van der Waals surface area contributed by atoms with Crippen LogP contribution in [-0.2, 0) is 5.60 Å². The van der Waals surface area contributed by atoms with E-state index < -0.39 is 5.60 Å². The molecule has 1 unspecified atom stereocenters. The third kappa shape index (κ3) is 1.46. The molecule has 0 aliphatic rings. The lowest BCUT2D eigenvalue weighted by Gasteiger charge is -2.16. The van der Waals surface area contributed by atoms with E-state index in [0.29, 0.717) is 5.56 Å². The second kappa shape index (κ2) is 2.96. The number of hydrogen-bond donors (Lipinski definition) is 1. The van der Waals surface area contributed by atoms with Gasteiger partial charge in [0.1, 0.15) is 6.07 Å². The van der Waals surface area contributed by atoms with Crippen molar-refractivity contribution in [1.29, 1.82) is 5.26 Å². The Hall–Kier alpha value is -1.33.